The molecule has 0 bridgehead atoms. The van der Waals surface area contributed by atoms with Crippen LogP contribution in [0, 0.1) is 0 Å². The highest BCUT2D eigenvalue weighted by molar-refractivity contribution is 9.10. The summed E-state index contributed by atoms with van der Waals surface area (Å²) in [5.74, 6) is 0.115. The van der Waals surface area contributed by atoms with Crippen LogP contribution in [0.15, 0.2) is 15.9 Å². The summed E-state index contributed by atoms with van der Waals surface area (Å²) in [7, 11) is 1.39. The number of rotatable bonds is 5. The molecule has 1 aromatic heterocycles. The Balaban J connectivity index is 2.65. The van der Waals surface area contributed by atoms with Crippen molar-refractivity contribution in [2.75, 3.05) is 12.9 Å². The fourth-order valence-electron chi connectivity index (χ4n) is 1.19. The van der Waals surface area contributed by atoms with E-state index >= 15 is 0 Å². The zero-order chi connectivity index (χ0) is 12.1. The molecule has 2 unspecified atom stereocenters. The summed E-state index contributed by atoms with van der Waals surface area (Å²) in [6.45, 7) is 1.95. The second kappa shape index (κ2) is 6.64. The van der Waals surface area contributed by atoms with E-state index in [-0.39, 0.29) is 17.3 Å². The van der Waals surface area contributed by atoms with E-state index in [2.05, 4.69) is 20.7 Å². The van der Waals surface area contributed by atoms with Gasteiger partial charge in [-0.15, -0.1) is 23.1 Å². The second-order valence-electron chi connectivity index (χ2n) is 3.33. The van der Waals surface area contributed by atoms with Crippen LogP contribution in [-0.4, -0.2) is 24.9 Å². The Morgan fingerprint density at radius 1 is 1.75 bits per heavy atom. The minimum Gasteiger partial charge on any atom is -0.468 e. The van der Waals surface area contributed by atoms with Crippen molar-refractivity contribution in [3.63, 3.8) is 0 Å². The number of thiophene rings is 1. The number of hydrogen-bond donors (Lipinski definition) is 1. The number of hydrogen-bond acceptors (Lipinski definition) is 5. The van der Waals surface area contributed by atoms with Gasteiger partial charge in [0, 0.05) is 20.8 Å². The molecule has 0 amide bonds. The highest BCUT2D eigenvalue weighted by atomic mass is 79.9. The van der Waals surface area contributed by atoms with E-state index in [0.29, 0.717) is 5.75 Å². The molecule has 0 radical (unpaired) electrons. The number of carbonyl (C=O) groups excluding carboxylic acids is 1. The molecule has 3 nitrogen and oxygen atoms in total. The maximum absolute atomic E-state index is 11.1. The molecule has 0 spiro atoms. The molecular weight excluding hydrogens is 310 g/mol. The van der Waals surface area contributed by atoms with Crippen molar-refractivity contribution in [2.45, 2.75) is 18.2 Å². The Labute approximate surface area is 112 Å². The van der Waals surface area contributed by atoms with Crippen molar-refractivity contribution < 1.29 is 9.53 Å². The molecule has 0 saturated heterocycles. The minimum absolute atomic E-state index is 0.000191. The number of thioether (sulfide) groups is 1. The van der Waals surface area contributed by atoms with Gasteiger partial charge >= 0.3 is 5.97 Å². The van der Waals surface area contributed by atoms with Gasteiger partial charge < -0.3 is 10.5 Å². The third-order valence-corrected chi connectivity index (χ3v) is 5.32. The van der Waals surface area contributed by atoms with Gasteiger partial charge in [-0.2, -0.15) is 0 Å². The number of esters is 1. The summed E-state index contributed by atoms with van der Waals surface area (Å²) >= 11 is 6.58. The molecule has 2 N–H and O–H groups in total. The summed E-state index contributed by atoms with van der Waals surface area (Å²) in [6.07, 6.45) is 0. The molecule has 0 saturated carbocycles. The molecular formula is C10H14BrNO2S2. The SMILES string of the molecule is COC(=O)CSC(c1cc(Br)cs1)C(C)N. The van der Waals surface area contributed by atoms with Gasteiger partial charge in [-0.1, -0.05) is 0 Å². The van der Waals surface area contributed by atoms with Crippen molar-refractivity contribution >= 4 is 45.0 Å². The van der Waals surface area contributed by atoms with Crippen molar-refractivity contribution in [3.8, 4) is 0 Å². The predicted octanol–water partition coefficient (Wildman–Crippen LogP) is 2.81. The van der Waals surface area contributed by atoms with Crippen LogP contribution in [0.3, 0.4) is 0 Å². The van der Waals surface area contributed by atoms with Crippen LogP contribution in [0.1, 0.15) is 17.1 Å². The molecule has 1 rings (SSSR count). The van der Waals surface area contributed by atoms with Gasteiger partial charge in [0.25, 0.3) is 0 Å². The first-order chi connectivity index (χ1) is 7.54. The summed E-state index contributed by atoms with van der Waals surface area (Å²) in [4.78, 5) is 12.3. The molecule has 90 valence electrons. The zero-order valence-electron chi connectivity index (χ0n) is 9.10. The van der Waals surface area contributed by atoms with E-state index in [0.717, 1.165) is 4.47 Å². The lowest BCUT2D eigenvalue weighted by atomic mass is 10.2. The van der Waals surface area contributed by atoms with Crippen LogP contribution in [0.4, 0.5) is 0 Å². The number of nitrogens with two attached hydrogens (primary N) is 1. The zero-order valence-corrected chi connectivity index (χ0v) is 12.3. The van der Waals surface area contributed by atoms with Gasteiger partial charge in [0.1, 0.15) is 0 Å². The third-order valence-electron chi connectivity index (χ3n) is 1.95. The Bertz CT molecular complexity index is 354. The minimum atomic E-state index is -0.216. The molecule has 16 heavy (non-hydrogen) atoms. The van der Waals surface area contributed by atoms with Gasteiger partial charge in [0.05, 0.1) is 18.1 Å². The summed E-state index contributed by atoms with van der Waals surface area (Å²) in [6, 6.07) is 2.04. The topological polar surface area (TPSA) is 52.3 Å². The first kappa shape index (κ1) is 14.0. The van der Waals surface area contributed by atoms with Crippen molar-refractivity contribution in [2.24, 2.45) is 5.73 Å². The molecule has 0 aliphatic heterocycles. The van der Waals surface area contributed by atoms with E-state index in [1.54, 1.807) is 11.3 Å². The number of carbonyl (C=O) groups is 1. The van der Waals surface area contributed by atoms with Crippen LogP contribution in [-0.2, 0) is 9.53 Å². The van der Waals surface area contributed by atoms with Crippen LogP contribution < -0.4 is 5.73 Å². The molecule has 0 aliphatic rings. The monoisotopic (exact) mass is 323 g/mol. The summed E-state index contributed by atoms with van der Waals surface area (Å²) < 4.78 is 5.67. The molecule has 0 aromatic carbocycles. The Morgan fingerprint density at radius 3 is 2.88 bits per heavy atom. The van der Waals surface area contributed by atoms with E-state index in [1.807, 2.05) is 18.4 Å². The van der Waals surface area contributed by atoms with Crippen molar-refractivity contribution in [1.82, 2.24) is 0 Å². The van der Waals surface area contributed by atoms with Crippen LogP contribution in [0.2, 0.25) is 0 Å². The summed E-state index contributed by atoms with van der Waals surface area (Å²) in [5.41, 5.74) is 5.92. The molecule has 2 atom stereocenters. The maximum atomic E-state index is 11.1. The summed E-state index contributed by atoms with van der Waals surface area (Å²) in [5, 5.41) is 2.15. The fourth-order valence-corrected chi connectivity index (χ4v) is 4.07. The van der Waals surface area contributed by atoms with E-state index in [4.69, 9.17) is 5.73 Å². The second-order valence-corrected chi connectivity index (χ2v) is 6.32. The van der Waals surface area contributed by atoms with E-state index in [9.17, 15) is 4.79 Å². The standard InChI is InChI=1S/C10H14BrNO2S2/c1-6(12)10(16-5-9(13)14-2)8-3-7(11)4-15-8/h3-4,6,10H,5,12H2,1-2H3. The Kier molecular flexibility index (Phi) is 5.82. The molecule has 1 aromatic rings. The highest BCUT2D eigenvalue weighted by Gasteiger charge is 2.20. The Morgan fingerprint density at radius 2 is 2.44 bits per heavy atom. The van der Waals surface area contributed by atoms with Crippen molar-refractivity contribution in [3.05, 3.63) is 20.8 Å². The van der Waals surface area contributed by atoms with Crippen LogP contribution in [0.5, 0.6) is 0 Å². The van der Waals surface area contributed by atoms with Crippen molar-refractivity contribution in [1.29, 1.82) is 0 Å². The van der Waals surface area contributed by atoms with Gasteiger partial charge in [-0.25, -0.2) is 0 Å². The van der Waals surface area contributed by atoms with E-state index < -0.39 is 0 Å². The average molecular weight is 324 g/mol. The van der Waals surface area contributed by atoms with E-state index in [1.165, 1.54) is 23.7 Å². The predicted molar refractivity (Wildman–Crippen MR) is 72.9 cm³/mol. The average Bonchev–Trinajstić information content (AvgIpc) is 2.64. The van der Waals surface area contributed by atoms with Crippen LogP contribution >= 0.6 is 39.0 Å². The maximum Gasteiger partial charge on any atom is 0.315 e. The lowest BCUT2D eigenvalue weighted by molar-refractivity contribution is -0.137. The Hall–Kier alpha value is -0.0400. The first-order valence-electron chi connectivity index (χ1n) is 4.72. The van der Waals surface area contributed by atoms with Crippen LogP contribution in [0.25, 0.3) is 0 Å². The van der Waals surface area contributed by atoms with Gasteiger partial charge in [0.2, 0.25) is 0 Å². The lowest BCUT2D eigenvalue weighted by Gasteiger charge is -2.18. The number of ether oxygens (including phenoxy) is 1. The molecule has 0 fully saturated rings. The number of methoxy groups -OCH3 is 1. The third kappa shape index (κ3) is 4.08. The smallest absolute Gasteiger partial charge is 0.315 e. The van der Waals surface area contributed by atoms with Gasteiger partial charge in [0.15, 0.2) is 0 Å². The number of halogens is 1. The van der Waals surface area contributed by atoms with Gasteiger partial charge in [-0.3, -0.25) is 4.79 Å². The fraction of sp³-hybridized carbons (Fsp3) is 0.500. The lowest BCUT2D eigenvalue weighted by Crippen LogP contribution is -2.23. The first-order valence-corrected chi connectivity index (χ1v) is 7.44. The van der Waals surface area contributed by atoms with Gasteiger partial charge in [-0.05, 0) is 28.9 Å². The normalized spacial score (nSPS) is 14.5. The quantitative estimate of drug-likeness (QED) is 0.846. The molecule has 0 aliphatic carbocycles. The highest BCUT2D eigenvalue weighted by Crippen LogP contribution is 2.36. The molecule has 6 heteroatoms. The molecule has 1 heterocycles. The largest absolute Gasteiger partial charge is 0.468 e.